The van der Waals surface area contributed by atoms with Gasteiger partial charge in [-0.1, -0.05) is 91.0 Å². The van der Waals surface area contributed by atoms with Gasteiger partial charge in [0.25, 0.3) is 0 Å². The van der Waals surface area contributed by atoms with Crippen molar-refractivity contribution in [3.8, 4) is 0 Å². The van der Waals surface area contributed by atoms with Crippen molar-refractivity contribution in [2.45, 2.75) is 83.6 Å². The van der Waals surface area contributed by atoms with Crippen LogP contribution in [0.4, 0.5) is 0 Å². The Bertz CT molecular complexity index is 1640. The molecule has 0 bridgehead atoms. The van der Waals surface area contributed by atoms with E-state index in [0.717, 1.165) is 20.8 Å². The summed E-state index contributed by atoms with van der Waals surface area (Å²) in [6.45, 7) is 5.80. The lowest BCUT2D eigenvalue weighted by Gasteiger charge is -2.49. The molecular weight excluding hydrogens is 650 g/mol. The topological polar surface area (TPSA) is 173 Å². The Hall–Kier alpha value is -5.40. The second kappa shape index (κ2) is 16.8. The number of rotatable bonds is 13. The van der Waals surface area contributed by atoms with E-state index in [0.29, 0.717) is 22.4 Å². The number of nitrogens with zero attached hydrogens (tertiary/aromatic N) is 1. The molecule has 3 aromatic carbocycles. The predicted octanol–water partition coefficient (Wildman–Crippen LogP) is 4.04. The number of aliphatic carboxylic acids is 1. The molecule has 1 N–H and O–H groups in total. The molecule has 0 unspecified atom stereocenters. The highest BCUT2D eigenvalue weighted by atomic mass is 16.8. The third-order valence-corrected chi connectivity index (χ3v) is 7.63. The lowest BCUT2D eigenvalue weighted by atomic mass is 9.91. The van der Waals surface area contributed by atoms with Crippen LogP contribution in [0.2, 0.25) is 0 Å². The number of esters is 4. The van der Waals surface area contributed by atoms with E-state index < -0.39 is 72.2 Å². The molecule has 0 amide bonds. The third kappa shape index (κ3) is 9.61. The minimum absolute atomic E-state index is 0.0893. The first kappa shape index (κ1) is 37.4. The Kier molecular flexibility index (Phi) is 12.6. The highest BCUT2D eigenvalue weighted by Gasteiger charge is 2.61. The summed E-state index contributed by atoms with van der Waals surface area (Å²) in [5.74, 6) is -7.28. The van der Waals surface area contributed by atoms with Crippen LogP contribution in [-0.4, -0.2) is 83.0 Å². The molecule has 1 aliphatic heterocycles. The van der Waals surface area contributed by atoms with E-state index in [1.54, 1.807) is 24.3 Å². The van der Waals surface area contributed by atoms with E-state index in [2.05, 4.69) is 0 Å². The number of hydrogen-bond donors (Lipinski definition) is 1. The molecule has 3 aromatic rings. The van der Waals surface area contributed by atoms with E-state index in [1.165, 1.54) is 13.8 Å². The number of aliphatic imine (C=N–C) groups is 1. The maximum atomic E-state index is 14.0. The van der Waals surface area contributed by atoms with Crippen LogP contribution in [0.15, 0.2) is 96.0 Å². The van der Waals surface area contributed by atoms with E-state index in [4.69, 9.17) is 33.4 Å². The molecule has 1 heterocycles. The van der Waals surface area contributed by atoms with Crippen LogP contribution >= 0.6 is 0 Å². The van der Waals surface area contributed by atoms with Crippen molar-refractivity contribution in [1.82, 2.24) is 0 Å². The van der Waals surface area contributed by atoms with Crippen molar-refractivity contribution in [2.24, 2.45) is 4.99 Å². The average molecular weight is 690 g/mol. The largest absolute Gasteiger partial charge is 0.479 e. The second-order valence-electron chi connectivity index (χ2n) is 11.6. The molecule has 50 heavy (non-hydrogen) atoms. The smallest absolute Gasteiger partial charge is 0.337 e. The Balaban J connectivity index is 1.82. The molecule has 0 spiro atoms. The van der Waals surface area contributed by atoms with Gasteiger partial charge in [0, 0.05) is 31.9 Å². The Morgan fingerprint density at radius 2 is 1.24 bits per heavy atom. The number of carboxylic acids is 1. The van der Waals surface area contributed by atoms with E-state index in [1.807, 2.05) is 66.7 Å². The molecule has 1 saturated heterocycles. The third-order valence-electron chi connectivity index (χ3n) is 7.63. The van der Waals surface area contributed by atoms with Gasteiger partial charge in [-0.05, 0) is 19.4 Å². The zero-order chi connectivity index (χ0) is 36.4. The molecule has 1 fully saturated rings. The number of ether oxygens (including phenoxy) is 6. The molecule has 7 atom stereocenters. The van der Waals surface area contributed by atoms with Gasteiger partial charge in [0.05, 0.1) is 11.8 Å². The zero-order valence-electron chi connectivity index (χ0n) is 28.2. The average Bonchev–Trinajstić information content (AvgIpc) is 3.07. The number of carbonyl (C=O) groups excluding carboxylic acids is 4. The van der Waals surface area contributed by atoms with Crippen molar-refractivity contribution >= 4 is 35.6 Å². The van der Waals surface area contributed by atoms with Gasteiger partial charge in [-0.3, -0.25) is 19.4 Å². The summed E-state index contributed by atoms with van der Waals surface area (Å²) < 4.78 is 34.1. The van der Waals surface area contributed by atoms with E-state index in [-0.39, 0.29) is 6.61 Å². The Labute approximate surface area is 289 Å². The van der Waals surface area contributed by atoms with Crippen LogP contribution in [0, 0.1) is 0 Å². The van der Waals surface area contributed by atoms with Gasteiger partial charge in [-0.2, -0.15) is 0 Å². The standard InChI is InChI=1S/C37H39NO12/c1-22(49-37(5)34(48-25(4)41)32(47-24(3)40)31(46-23(2)39)33(50-37)35(42)43)29(36(44)45-21-26-15-9-6-10-16-26)38-30(27-17-11-7-12-18-27)28-19-13-8-14-20-28/h6-20,22,29,31-34H,21H2,1-5H3,(H,42,43)/t22-,29+,31+,32+,33+,34-,37-/m1/s1. The van der Waals surface area contributed by atoms with Crippen LogP contribution < -0.4 is 0 Å². The van der Waals surface area contributed by atoms with E-state index in [9.17, 15) is 29.1 Å². The van der Waals surface area contributed by atoms with Crippen LogP contribution in [0.5, 0.6) is 0 Å². The van der Waals surface area contributed by atoms with Crippen molar-refractivity contribution in [3.63, 3.8) is 0 Å². The molecule has 264 valence electrons. The normalized spacial score (nSPS) is 22.6. The summed E-state index contributed by atoms with van der Waals surface area (Å²) in [6, 6.07) is 25.8. The molecule has 13 nitrogen and oxygen atoms in total. The fraction of sp³-hybridized carbons (Fsp3) is 0.351. The second-order valence-corrected chi connectivity index (χ2v) is 11.6. The first-order valence-electron chi connectivity index (χ1n) is 15.8. The summed E-state index contributed by atoms with van der Waals surface area (Å²) in [7, 11) is 0. The molecule has 0 aromatic heterocycles. The van der Waals surface area contributed by atoms with Crippen LogP contribution in [0.3, 0.4) is 0 Å². The minimum Gasteiger partial charge on any atom is -0.479 e. The highest BCUT2D eigenvalue weighted by Crippen LogP contribution is 2.38. The van der Waals surface area contributed by atoms with E-state index >= 15 is 0 Å². The highest BCUT2D eigenvalue weighted by molar-refractivity contribution is 6.13. The van der Waals surface area contributed by atoms with Crippen LogP contribution in [-0.2, 0) is 59.0 Å². The molecule has 0 saturated carbocycles. The van der Waals surface area contributed by atoms with Crippen molar-refractivity contribution < 1.29 is 57.5 Å². The number of carbonyl (C=O) groups is 5. The zero-order valence-corrected chi connectivity index (χ0v) is 28.2. The van der Waals surface area contributed by atoms with Gasteiger partial charge in [-0.15, -0.1) is 0 Å². The van der Waals surface area contributed by atoms with Crippen LogP contribution in [0.25, 0.3) is 0 Å². The van der Waals surface area contributed by atoms with Crippen molar-refractivity contribution in [1.29, 1.82) is 0 Å². The molecule has 13 heteroatoms. The van der Waals surface area contributed by atoms with Gasteiger partial charge < -0.3 is 33.5 Å². The van der Waals surface area contributed by atoms with Gasteiger partial charge in [0.2, 0.25) is 5.79 Å². The maximum Gasteiger partial charge on any atom is 0.337 e. The van der Waals surface area contributed by atoms with Gasteiger partial charge in [-0.25, -0.2) is 9.59 Å². The summed E-state index contributed by atoms with van der Waals surface area (Å²) in [5.41, 5.74) is 2.49. The van der Waals surface area contributed by atoms with Crippen molar-refractivity contribution in [3.05, 3.63) is 108 Å². The quantitative estimate of drug-likeness (QED) is 0.155. The van der Waals surface area contributed by atoms with Gasteiger partial charge in [0.15, 0.2) is 30.5 Å². The first-order valence-corrected chi connectivity index (χ1v) is 15.8. The molecular formula is C37H39NO12. The van der Waals surface area contributed by atoms with Gasteiger partial charge >= 0.3 is 29.8 Å². The number of hydrogen-bond acceptors (Lipinski definition) is 12. The Morgan fingerprint density at radius 1 is 0.760 bits per heavy atom. The summed E-state index contributed by atoms with van der Waals surface area (Å²) >= 11 is 0. The SMILES string of the molecule is CC(=O)O[C@H]1[C@H](OC(C)=O)[C@@H](OC(C)=O)[C@](C)(O[C@H](C)[C@H](N=C(c2ccccc2)c2ccccc2)C(=O)OCc2ccccc2)O[C@@H]1C(=O)O. The lowest BCUT2D eigenvalue weighted by molar-refractivity contribution is -0.360. The van der Waals surface area contributed by atoms with Crippen LogP contribution in [0.1, 0.15) is 51.3 Å². The fourth-order valence-electron chi connectivity index (χ4n) is 5.55. The molecule has 1 aliphatic rings. The number of carboxylic acid groups (broad SMARTS) is 1. The summed E-state index contributed by atoms with van der Waals surface area (Å²) in [6.07, 6.45) is -8.33. The van der Waals surface area contributed by atoms with Gasteiger partial charge in [0.1, 0.15) is 6.61 Å². The fourth-order valence-corrected chi connectivity index (χ4v) is 5.55. The minimum atomic E-state index is -2.21. The maximum absolute atomic E-state index is 14.0. The summed E-state index contributed by atoms with van der Waals surface area (Å²) in [4.78, 5) is 68.0. The van der Waals surface area contributed by atoms with Crippen molar-refractivity contribution in [2.75, 3.05) is 0 Å². The first-order chi connectivity index (χ1) is 23.8. The molecule has 4 rings (SSSR count). The molecule has 0 aliphatic carbocycles. The summed E-state index contributed by atoms with van der Waals surface area (Å²) in [5, 5.41) is 10.1. The Morgan fingerprint density at radius 3 is 1.72 bits per heavy atom. The lowest BCUT2D eigenvalue weighted by Crippen LogP contribution is -2.69. The molecule has 0 radical (unpaired) electrons. The number of benzene rings is 3. The predicted molar refractivity (Wildman–Crippen MR) is 177 cm³/mol. The monoisotopic (exact) mass is 689 g/mol.